The molecule has 4 saturated carbocycles. The molecule has 1 heterocycles. The van der Waals surface area contributed by atoms with Gasteiger partial charge in [0, 0.05) is 5.92 Å². The number of esters is 1. The zero-order valence-corrected chi connectivity index (χ0v) is 24.9. The van der Waals surface area contributed by atoms with Crippen LogP contribution in [0.4, 0.5) is 0 Å². The summed E-state index contributed by atoms with van der Waals surface area (Å²) in [6.07, 6.45) is 8.86. The highest BCUT2D eigenvalue weighted by Gasteiger charge is 2.52. The maximum absolute atomic E-state index is 13.4. The lowest BCUT2D eigenvalue weighted by Crippen LogP contribution is -2.47. The van der Waals surface area contributed by atoms with Gasteiger partial charge >= 0.3 is 5.97 Å². The van der Waals surface area contributed by atoms with Crippen LogP contribution in [-0.2, 0) is 20.7 Å². The quantitative estimate of drug-likeness (QED) is 0.292. The Bertz CT molecular complexity index is 1200. The van der Waals surface area contributed by atoms with Crippen molar-refractivity contribution in [1.29, 1.82) is 0 Å². The summed E-state index contributed by atoms with van der Waals surface area (Å²) in [7, 11) is 6.57. The van der Waals surface area contributed by atoms with Crippen LogP contribution >= 0.6 is 0 Å². The Labute approximate surface area is 243 Å². The van der Waals surface area contributed by atoms with Gasteiger partial charge in [0.05, 0.1) is 54.2 Å². The molecule has 0 unspecified atom stereocenters. The molecule has 7 heteroatoms. The number of carbonyl (C=O) groups excluding carboxylic acids is 1. The molecule has 0 aromatic heterocycles. The highest BCUT2D eigenvalue weighted by molar-refractivity contribution is 5.70. The molecule has 5 aliphatic rings. The van der Waals surface area contributed by atoms with Crippen LogP contribution in [0, 0.1) is 35.0 Å². The van der Waals surface area contributed by atoms with E-state index in [1.54, 1.807) is 28.4 Å². The predicted octanol–water partition coefficient (Wildman–Crippen LogP) is 6.42. The molecular formula is C34H44O7. The van der Waals surface area contributed by atoms with Crippen LogP contribution in [0.3, 0.4) is 0 Å². The Balaban J connectivity index is 1.19. The molecular weight excluding hydrogens is 520 g/mol. The topological polar surface area (TPSA) is 72.5 Å². The van der Waals surface area contributed by atoms with Crippen LogP contribution in [0.1, 0.15) is 62.2 Å². The lowest BCUT2D eigenvalue weighted by atomic mass is 9.49. The average Bonchev–Trinajstić information content (AvgIpc) is 3.36. The smallest absolute Gasteiger partial charge is 0.306 e. The summed E-state index contributed by atoms with van der Waals surface area (Å²) in [5.41, 5.74) is 2.30. The molecule has 0 radical (unpaired) electrons. The third-order valence-electron chi connectivity index (χ3n) is 10.3. The minimum atomic E-state index is -0.215. The molecule has 7 nitrogen and oxygen atoms in total. The third-order valence-corrected chi connectivity index (χ3v) is 10.3. The van der Waals surface area contributed by atoms with Crippen molar-refractivity contribution in [2.75, 3.05) is 41.7 Å². The fourth-order valence-electron chi connectivity index (χ4n) is 8.89. The first-order valence-electron chi connectivity index (χ1n) is 15.1. The van der Waals surface area contributed by atoms with E-state index >= 15 is 0 Å². The zero-order valence-electron chi connectivity index (χ0n) is 24.9. The van der Waals surface area contributed by atoms with Crippen LogP contribution < -0.4 is 18.9 Å². The Morgan fingerprint density at radius 1 is 0.805 bits per heavy atom. The molecule has 1 saturated heterocycles. The molecule has 41 heavy (non-hydrogen) atoms. The van der Waals surface area contributed by atoms with Crippen LogP contribution in [0.15, 0.2) is 36.4 Å². The van der Waals surface area contributed by atoms with Crippen molar-refractivity contribution in [2.45, 2.75) is 57.5 Å². The van der Waals surface area contributed by atoms with Gasteiger partial charge in [-0.2, -0.15) is 0 Å². The second kappa shape index (κ2) is 11.7. The minimum Gasteiger partial charge on any atom is -0.493 e. The van der Waals surface area contributed by atoms with Gasteiger partial charge in [-0.3, -0.25) is 4.79 Å². The number of methoxy groups -OCH3 is 4. The van der Waals surface area contributed by atoms with E-state index in [1.165, 1.54) is 38.5 Å². The van der Waals surface area contributed by atoms with Crippen LogP contribution in [0.2, 0.25) is 0 Å². The minimum absolute atomic E-state index is 0.00140. The van der Waals surface area contributed by atoms with E-state index in [2.05, 4.69) is 6.07 Å². The molecule has 7 rings (SSSR count). The van der Waals surface area contributed by atoms with Crippen molar-refractivity contribution in [3.63, 3.8) is 0 Å². The van der Waals surface area contributed by atoms with Gasteiger partial charge < -0.3 is 28.4 Å². The summed E-state index contributed by atoms with van der Waals surface area (Å²) < 4.78 is 34.6. The number of hydrogen-bond donors (Lipinski definition) is 0. The average molecular weight is 565 g/mol. The first-order chi connectivity index (χ1) is 19.9. The van der Waals surface area contributed by atoms with Crippen molar-refractivity contribution in [1.82, 2.24) is 0 Å². The van der Waals surface area contributed by atoms with E-state index in [4.69, 9.17) is 28.4 Å². The first-order valence-corrected chi connectivity index (χ1v) is 15.1. The lowest BCUT2D eigenvalue weighted by Gasteiger charge is -2.56. The van der Waals surface area contributed by atoms with E-state index in [-0.39, 0.29) is 29.3 Å². The van der Waals surface area contributed by atoms with Gasteiger partial charge in [0.15, 0.2) is 23.0 Å². The fourth-order valence-corrected chi connectivity index (χ4v) is 8.89. The van der Waals surface area contributed by atoms with Gasteiger partial charge in [-0.25, -0.2) is 0 Å². The van der Waals surface area contributed by atoms with E-state index in [0.29, 0.717) is 42.6 Å². The Kier molecular flexibility index (Phi) is 8.08. The van der Waals surface area contributed by atoms with Gasteiger partial charge in [-0.1, -0.05) is 12.1 Å². The van der Waals surface area contributed by atoms with Gasteiger partial charge in [0.1, 0.15) is 0 Å². The summed E-state index contributed by atoms with van der Waals surface area (Å²) in [6.45, 7) is 0.909. The van der Waals surface area contributed by atoms with Crippen LogP contribution in [0.5, 0.6) is 23.0 Å². The number of hydrogen-bond acceptors (Lipinski definition) is 7. The molecule has 1 aliphatic heterocycles. The van der Waals surface area contributed by atoms with Crippen molar-refractivity contribution < 1.29 is 33.2 Å². The Morgan fingerprint density at radius 3 is 2.00 bits per heavy atom. The SMILES string of the molecule is COc1ccc(C[C@H]2CO[C@H](c3ccc(OC)c(OC)c3)[C@H]2COC(=O)CC23CC4CC(CC(C4)C2)C3)cc1OC. The van der Waals surface area contributed by atoms with E-state index in [0.717, 1.165) is 35.3 Å². The van der Waals surface area contributed by atoms with E-state index < -0.39 is 0 Å². The molecule has 0 spiro atoms. The van der Waals surface area contributed by atoms with E-state index in [9.17, 15) is 4.79 Å². The van der Waals surface area contributed by atoms with Gasteiger partial charge in [0.25, 0.3) is 0 Å². The van der Waals surface area contributed by atoms with E-state index in [1.807, 2.05) is 30.3 Å². The first kappa shape index (κ1) is 28.2. The number of ether oxygens (including phenoxy) is 6. The molecule has 3 atom stereocenters. The second-order valence-corrected chi connectivity index (χ2v) is 13.0. The summed E-state index contributed by atoms with van der Waals surface area (Å²) in [5, 5.41) is 0. The normalized spacial score (nSPS) is 31.6. The molecule has 4 bridgehead atoms. The highest BCUT2D eigenvalue weighted by atomic mass is 16.5. The van der Waals surface area contributed by atoms with Gasteiger partial charge in [-0.15, -0.1) is 0 Å². The van der Waals surface area contributed by atoms with Gasteiger partial charge in [-0.05, 0) is 109 Å². The third kappa shape index (κ3) is 5.75. The van der Waals surface area contributed by atoms with Crippen molar-refractivity contribution in [2.24, 2.45) is 35.0 Å². The summed E-state index contributed by atoms with van der Waals surface area (Å²) in [5.74, 6) is 5.32. The molecule has 4 aliphatic carbocycles. The maximum Gasteiger partial charge on any atom is 0.306 e. The number of rotatable bonds is 11. The lowest BCUT2D eigenvalue weighted by molar-refractivity contribution is -0.154. The Hall–Kier alpha value is -2.93. The van der Waals surface area contributed by atoms with Crippen molar-refractivity contribution >= 4 is 5.97 Å². The van der Waals surface area contributed by atoms with Crippen LogP contribution in [0.25, 0.3) is 0 Å². The van der Waals surface area contributed by atoms with Crippen LogP contribution in [-0.4, -0.2) is 47.6 Å². The Morgan fingerprint density at radius 2 is 1.39 bits per heavy atom. The zero-order chi connectivity index (χ0) is 28.6. The summed E-state index contributed by atoms with van der Waals surface area (Å²) >= 11 is 0. The number of benzene rings is 2. The molecule has 2 aromatic carbocycles. The standard InChI is InChI=1S/C34H44O7/c1-36-28-7-5-21(13-30(28)38-3)12-26-19-41-33(25-6-8-29(37-2)31(14-25)39-4)27(26)20-40-32(35)18-34-15-22-9-23(16-34)11-24(10-22)17-34/h5-8,13-14,22-24,26-27,33H,9-12,15-20H2,1-4H3/t22?,23?,24?,26-,27-,33+,34?/m0/s1. The fraction of sp³-hybridized carbons (Fsp3) is 0.618. The molecule has 5 fully saturated rings. The summed E-state index contributed by atoms with van der Waals surface area (Å²) in [6, 6.07) is 12.0. The van der Waals surface area contributed by atoms with Crippen molar-refractivity contribution in [3.05, 3.63) is 47.5 Å². The molecule has 0 amide bonds. The second-order valence-electron chi connectivity index (χ2n) is 13.0. The molecule has 2 aromatic rings. The predicted molar refractivity (Wildman–Crippen MR) is 155 cm³/mol. The molecule has 0 N–H and O–H groups in total. The molecule has 222 valence electrons. The number of carbonyl (C=O) groups is 1. The maximum atomic E-state index is 13.4. The largest absolute Gasteiger partial charge is 0.493 e. The highest BCUT2D eigenvalue weighted by Crippen LogP contribution is 2.61. The monoisotopic (exact) mass is 564 g/mol. The van der Waals surface area contributed by atoms with Crippen molar-refractivity contribution in [3.8, 4) is 23.0 Å². The summed E-state index contributed by atoms with van der Waals surface area (Å²) in [4.78, 5) is 13.4. The van der Waals surface area contributed by atoms with Gasteiger partial charge in [0.2, 0.25) is 0 Å².